The average Bonchev–Trinajstić information content (AvgIpc) is 2.28. The maximum absolute atomic E-state index is 11.4. The van der Waals surface area contributed by atoms with Gasteiger partial charge in [0.25, 0.3) is 0 Å². The zero-order valence-electron chi connectivity index (χ0n) is 11.0. The normalized spacial score (nSPS) is 25.0. The van der Waals surface area contributed by atoms with Crippen LogP contribution in [-0.2, 0) is 14.3 Å². The molecule has 0 aromatic rings. The minimum Gasteiger partial charge on any atom is -0.459 e. The van der Waals surface area contributed by atoms with E-state index in [0.717, 1.165) is 19.3 Å². The van der Waals surface area contributed by atoms with E-state index in [2.05, 4.69) is 6.58 Å². The topological polar surface area (TPSA) is 78.6 Å². The van der Waals surface area contributed by atoms with Crippen LogP contribution < -0.4 is 5.73 Å². The lowest BCUT2D eigenvalue weighted by Crippen LogP contribution is -2.34. The van der Waals surface area contributed by atoms with E-state index in [9.17, 15) is 9.59 Å². The lowest BCUT2D eigenvalue weighted by Gasteiger charge is -2.32. The van der Waals surface area contributed by atoms with Gasteiger partial charge < -0.3 is 15.2 Å². The molecular weight excluding hydrogens is 234 g/mol. The molecule has 0 radical (unpaired) electrons. The Morgan fingerprint density at radius 2 is 2.06 bits per heavy atom. The Kier molecular flexibility index (Phi) is 5.19. The third-order valence-corrected chi connectivity index (χ3v) is 3.25. The quantitative estimate of drug-likeness (QED) is 0.616. The summed E-state index contributed by atoms with van der Waals surface area (Å²) in [6, 6.07) is 0. The Bertz CT molecular complexity index is 340. The molecule has 0 aromatic heterocycles. The van der Waals surface area contributed by atoms with Crippen molar-refractivity contribution in [2.75, 3.05) is 0 Å². The Morgan fingerprint density at radius 1 is 1.39 bits per heavy atom. The first-order valence-corrected chi connectivity index (χ1v) is 6.22. The highest BCUT2D eigenvalue weighted by Gasteiger charge is 2.29. The summed E-state index contributed by atoms with van der Waals surface area (Å²) < 4.78 is 10.3. The summed E-state index contributed by atoms with van der Waals surface area (Å²) >= 11 is 0. The molecule has 0 spiro atoms. The summed E-state index contributed by atoms with van der Waals surface area (Å²) in [7, 11) is 0. The van der Waals surface area contributed by atoms with E-state index >= 15 is 0 Å². The van der Waals surface area contributed by atoms with Crippen LogP contribution in [0.1, 0.15) is 39.5 Å². The molecule has 0 aromatic carbocycles. The van der Waals surface area contributed by atoms with Gasteiger partial charge in [0, 0.05) is 5.57 Å². The van der Waals surface area contributed by atoms with E-state index in [1.54, 1.807) is 6.92 Å². The van der Waals surface area contributed by atoms with Crippen LogP contribution in [0.2, 0.25) is 0 Å². The molecule has 1 rings (SSSR count). The SMILES string of the molecule is C=C(C)C(=O)OC1CCCC(C(C)OC(N)=O)C1. The van der Waals surface area contributed by atoms with Gasteiger partial charge in [-0.2, -0.15) is 0 Å². The molecular formula is C13H21NO4. The standard InChI is InChI=1S/C13H21NO4/c1-8(2)12(15)18-11-6-4-5-10(7-11)9(3)17-13(14)16/h9-11H,1,4-7H2,2-3H3,(H2,14,16). The molecule has 1 aliphatic carbocycles. The van der Waals surface area contributed by atoms with Crippen LogP contribution in [0, 0.1) is 5.92 Å². The third-order valence-electron chi connectivity index (χ3n) is 3.25. The fourth-order valence-electron chi connectivity index (χ4n) is 2.25. The fraction of sp³-hybridized carbons (Fsp3) is 0.692. The number of rotatable bonds is 4. The summed E-state index contributed by atoms with van der Waals surface area (Å²) in [5.41, 5.74) is 5.40. The molecule has 1 aliphatic rings. The fourth-order valence-corrected chi connectivity index (χ4v) is 2.25. The van der Waals surface area contributed by atoms with E-state index in [4.69, 9.17) is 15.2 Å². The van der Waals surface area contributed by atoms with E-state index in [0.29, 0.717) is 12.0 Å². The van der Waals surface area contributed by atoms with Gasteiger partial charge in [0.05, 0.1) is 0 Å². The second-order valence-electron chi connectivity index (χ2n) is 4.88. The number of hydrogen-bond acceptors (Lipinski definition) is 4. The van der Waals surface area contributed by atoms with Crippen molar-refractivity contribution in [3.8, 4) is 0 Å². The molecule has 1 saturated carbocycles. The van der Waals surface area contributed by atoms with Gasteiger partial charge in [-0.1, -0.05) is 6.58 Å². The van der Waals surface area contributed by atoms with Gasteiger partial charge >= 0.3 is 12.1 Å². The summed E-state index contributed by atoms with van der Waals surface area (Å²) in [6.45, 7) is 7.00. The van der Waals surface area contributed by atoms with Crippen molar-refractivity contribution in [2.45, 2.75) is 51.7 Å². The van der Waals surface area contributed by atoms with Gasteiger partial charge in [0.1, 0.15) is 12.2 Å². The molecule has 1 fully saturated rings. The van der Waals surface area contributed by atoms with Gasteiger partial charge in [-0.15, -0.1) is 0 Å². The molecule has 2 N–H and O–H groups in total. The van der Waals surface area contributed by atoms with Crippen molar-refractivity contribution in [1.82, 2.24) is 0 Å². The van der Waals surface area contributed by atoms with Gasteiger partial charge in [-0.05, 0) is 45.4 Å². The Hall–Kier alpha value is -1.52. The minimum atomic E-state index is -0.761. The summed E-state index contributed by atoms with van der Waals surface area (Å²) in [6.07, 6.45) is 2.33. The average molecular weight is 255 g/mol. The van der Waals surface area contributed by atoms with Crippen LogP contribution >= 0.6 is 0 Å². The van der Waals surface area contributed by atoms with Gasteiger partial charge in [-0.25, -0.2) is 9.59 Å². The third kappa shape index (κ3) is 4.39. The summed E-state index contributed by atoms with van der Waals surface area (Å²) in [4.78, 5) is 22.1. The second kappa shape index (κ2) is 6.42. The molecule has 5 nitrogen and oxygen atoms in total. The first kappa shape index (κ1) is 14.5. The molecule has 1 amide bonds. The van der Waals surface area contributed by atoms with Crippen molar-refractivity contribution in [1.29, 1.82) is 0 Å². The van der Waals surface area contributed by atoms with Crippen LogP contribution in [0.15, 0.2) is 12.2 Å². The monoisotopic (exact) mass is 255 g/mol. The van der Waals surface area contributed by atoms with Crippen molar-refractivity contribution in [3.63, 3.8) is 0 Å². The molecule has 0 heterocycles. The van der Waals surface area contributed by atoms with Crippen LogP contribution in [0.5, 0.6) is 0 Å². The molecule has 102 valence electrons. The Morgan fingerprint density at radius 3 is 2.61 bits per heavy atom. The lowest BCUT2D eigenvalue weighted by atomic mass is 9.84. The van der Waals surface area contributed by atoms with Crippen LogP contribution in [0.3, 0.4) is 0 Å². The van der Waals surface area contributed by atoms with Crippen molar-refractivity contribution in [2.24, 2.45) is 11.7 Å². The summed E-state index contributed by atoms with van der Waals surface area (Å²) in [5, 5.41) is 0. The zero-order chi connectivity index (χ0) is 13.7. The number of carbonyl (C=O) groups excluding carboxylic acids is 2. The van der Waals surface area contributed by atoms with Gasteiger partial charge in [0.15, 0.2) is 0 Å². The van der Waals surface area contributed by atoms with E-state index in [1.165, 1.54) is 0 Å². The summed E-state index contributed by atoms with van der Waals surface area (Å²) in [5.74, 6) is -0.168. The zero-order valence-corrected chi connectivity index (χ0v) is 11.0. The predicted molar refractivity (Wildman–Crippen MR) is 66.8 cm³/mol. The van der Waals surface area contributed by atoms with E-state index < -0.39 is 6.09 Å². The number of primary amides is 1. The van der Waals surface area contributed by atoms with Crippen molar-refractivity contribution >= 4 is 12.1 Å². The lowest BCUT2D eigenvalue weighted by molar-refractivity contribution is -0.147. The van der Waals surface area contributed by atoms with E-state index in [-0.39, 0.29) is 24.1 Å². The van der Waals surface area contributed by atoms with Crippen molar-refractivity contribution < 1.29 is 19.1 Å². The predicted octanol–water partition coefficient (Wildman–Crippen LogP) is 2.15. The second-order valence-corrected chi connectivity index (χ2v) is 4.88. The van der Waals surface area contributed by atoms with Gasteiger partial charge in [-0.3, -0.25) is 0 Å². The Labute approximate surface area is 107 Å². The molecule has 0 saturated heterocycles. The maximum Gasteiger partial charge on any atom is 0.404 e. The first-order valence-electron chi connectivity index (χ1n) is 6.22. The van der Waals surface area contributed by atoms with Crippen molar-refractivity contribution in [3.05, 3.63) is 12.2 Å². The minimum absolute atomic E-state index is 0.119. The number of esters is 1. The highest BCUT2D eigenvalue weighted by molar-refractivity contribution is 5.87. The smallest absolute Gasteiger partial charge is 0.404 e. The maximum atomic E-state index is 11.4. The molecule has 5 heteroatoms. The molecule has 3 atom stereocenters. The largest absolute Gasteiger partial charge is 0.459 e. The molecule has 0 aliphatic heterocycles. The number of hydrogen-bond donors (Lipinski definition) is 1. The number of carbonyl (C=O) groups is 2. The molecule has 18 heavy (non-hydrogen) atoms. The molecule has 0 bridgehead atoms. The Balaban J connectivity index is 2.47. The number of amides is 1. The highest BCUT2D eigenvalue weighted by Crippen LogP contribution is 2.30. The molecule has 3 unspecified atom stereocenters. The van der Waals surface area contributed by atoms with Gasteiger partial charge in [0.2, 0.25) is 0 Å². The van der Waals surface area contributed by atoms with Crippen LogP contribution in [0.25, 0.3) is 0 Å². The van der Waals surface area contributed by atoms with Crippen LogP contribution in [-0.4, -0.2) is 24.3 Å². The first-order chi connectivity index (χ1) is 8.40. The number of ether oxygens (including phenoxy) is 2. The van der Waals surface area contributed by atoms with Crippen LogP contribution in [0.4, 0.5) is 4.79 Å². The highest BCUT2D eigenvalue weighted by atomic mass is 16.6. The number of nitrogens with two attached hydrogens (primary N) is 1. The van der Waals surface area contributed by atoms with E-state index in [1.807, 2.05) is 6.92 Å².